The van der Waals surface area contributed by atoms with Crippen LogP contribution in [0.3, 0.4) is 0 Å². The van der Waals surface area contributed by atoms with Gasteiger partial charge in [-0.15, -0.1) is 0 Å². The molecule has 0 saturated heterocycles. The van der Waals surface area contributed by atoms with E-state index in [1.807, 2.05) is 24.4 Å². The number of rotatable bonds is 6. The Morgan fingerprint density at radius 1 is 1.19 bits per heavy atom. The van der Waals surface area contributed by atoms with E-state index in [0.717, 1.165) is 25.2 Å². The first kappa shape index (κ1) is 14.1. The van der Waals surface area contributed by atoms with E-state index < -0.39 is 0 Å². The first-order valence-electron chi connectivity index (χ1n) is 7.04. The molecule has 0 amide bonds. The fourth-order valence-electron chi connectivity index (χ4n) is 2.30. The van der Waals surface area contributed by atoms with Crippen LogP contribution in [-0.2, 0) is 6.54 Å². The van der Waals surface area contributed by atoms with Crippen molar-refractivity contribution in [2.75, 3.05) is 6.54 Å². The van der Waals surface area contributed by atoms with Crippen molar-refractivity contribution in [2.45, 2.75) is 19.0 Å². The highest BCUT2D eigenvalue weighted by Crippen LogP contribution is 2.26. The van der Waals surface area contributed by atoms with Crippen molar-refractivity contribution in [1.29, 1.82) is 0 Å². The molecular weight excluding hydrogens is 280 g/mol. The van der Waals surface area contributed by atoms with E-state index in [1.165, 1.54) is 27.2 Å². The summed E-state index contributed by atoms with van der Waals surface area (Å²) >= 11 is 1.52. The number of nitrogens with two attached hydrogens (primary N) is 1. The minimum absolute atomic E-state index is 0.0254. The van der Waals surface area contributed by atoms with Crippen LogP contribution in [0.1, 0.15) is 23.7 Å². The second-order valence-electron chi connectivity index (χ2n) is 5.00. The number of pyridine rings is 1. The smallest absolute Gasteiger partial charge is 0.0788 e. The van der Waals surface area contributed by atoms with Crippen molar-refractivity contribution in [1.82, 2.24) is 14.7 Å². The highest BCUT2D eigenvalue weighted by atomic mass is 32.1. The van der Waals surface area contributed by atoms with E-state index in [0.29, 0.717) is 0 Å². The molecule has 5 heteroatoms. The number of nitrogens with zero attached hydrogens (tertiary/aromatic N) is 2. The monoisotopic (exact) mass is 298 g/mol. The first-order valence-corrected chi connectivity index (χ1v) is 7.81. The lowest BCUT2D eigenvalue weighted by atomic mass is 10.1. The normalized spacial score (nSPS) is 12.6. The van der Waals surface area contributed by atoms with Crippen molar-refractivity contribution in [3.8, 4) is 0 Å². The summed E-state index contributed by atoms with van der Waals surface area (Å²) in [6.07, 6.45) is 4.53. The number of aromatic nitrogens is 2. The van der Waals surface area contributed by atoms with Crippen LogP contribution in [0, 0.1) is 0 Å². The molecule has 2 heterocycles. The summed E-state index contributed by atoms with van der Waals surface area (Å²) in [5, 5.41) is 4.58. The third-order valence-corrected chi connectivity index (χ3v) is 4.28. The largest absolute Gasteiger partial charge is 0.323 e. The van der Waals surface area contributed by atoms with Gasteiger partial charge in [-0.3, -0.25) is 4.98 Å². The Balaban J connectivity index is 1.53. The van der Waals surface area contributed by atoms with E-state index in [4.69, 9.17) is 5.73 Å². The van der Waals surface area contributed by atoms with Gasteiger partial charge < -0.3 is 11.1 Å². The zero-order chi connectivity index (χ0) is 14.5. The molecule has 3 rings (SSSR count). The van der Waals surface area contributed by atoms with Crippen LogP contribution in [-0.4, -0.2) is 15.9 Å². The zero-order valence-corrected chi connectivity index (χ0v) is 12.5. The number of hydrogen-bond acceptors (Lipinski definition) is 5. The molecule has 3 aromatic rings. The maximum absolute atomic E-state index is 6.28. The fourth-order valence-corrected chi connectivity index (χ4v) is 3.14. The van der Waals surface area contributed by atoms with E-state index in [9.17, 15) is 0 Å². The molecule has 1 unspecified atom stereocenters. The molecule has 0 spiro atoms. The predicted octanol–water partition coefficient (Wildman–Crippen LogP) is 2.87. The van der Waals surface area contributed by atoms with Crippen LogP contribution in [0.15, 0.2) is 48.8 Å². The predicted molar refractivity (Wildman–Crippen MR) is 87.1 cm³/mol. The number of nitrogens with one attached hydrogen (secondary N) is 1. The molecule has 1 atom stereocenters. The second-order valence-corrected chi connectivity index (χ2v) is 5.80. The van der Waals surface area contributed by atoms with Crippen LogP contribution in [0.5, 0.6) is 0 Å². The van der Waals surface area contributed by atoms with Gasteiger partial charge in [0, 0.05) is 30.4 Å². The van der Waals surface area contributed by atoms with E-state index in [-0.39, 0.29) is 6.04 Å². The lowest BCUT2D eigenvalue weighted by Gasteiger charge is -2.10. The molecule has 0 aliphatic carbocycles. The Morgan fingerprint density at radius 3 is 2.95 bits per heavy atom. The molecule has 0 saturated carbocycles. The maximum atomic E-state index is 6.28. The van der Waals surface area contributed by atoms with Crippen molar-refractivity contribution in [3.63, 3.8) is 0 Å². The maximum Gasteiger partial charge on any atom is 0.0788 e. The zero-order valence-electron chi connectivity index (χ0n) is 11.7. The Kier molecular flexibility index (Phi) is 4.55. The van der Waals surface area contributed by atoms with Gasteiger partial charge in [0.25, 0.3) is 0 Å². The van der Waals surface area contributed by atoms with Gasteiger partial charge in [-0.25, -0.2) is 0 Å². The molecule has 0 radical (unpaired) electrons. The molecule has 0 bridgehead atoms. The average Bonchev–Trinajstić information content (AvgIpc) is 2.96. The molecule has 21 heavy (non-hydrogen) atoms. The van der Waals surface area contributed by atoms with Crippen LogP contribution in [0.4, 0.5) is 0 Å². The van der Waals surface area contributed by atoms with Crippen molar-refractivity contribution in [2.24, 2.45) is 5.73 Å². The molecule has 0 aliphatic rings. The van der Waals surface area contributed by atoms with Gasteiger partial charge >= 0.3 is 0 Å². The summed E-state index contributed by atoms with van der Waals surface area (Å²) in [6.45, 7) is 1.68. The van der Waals surface area contributed by atoms with Crippen LogP contribution in [0.25, 0.3) is 10.1 Å². The number of hydrogen-bond donors (Lipinski definition) is 2. The Hall–Kier alpha value is -1.82. The molecule has 1 aromatic carbocycles. The average molecular weight is 298 g/mol. The lowest BCUT2D eigenvalue weighted by Crippen LogP contribution is -2.21. The fraction of sp³-hybridized carbons (Fsp3) is 0.250. The topological polar surface area (TPSA) is 63.8 Å². The van der Waals surface area contributed by atoms with E-state index in [1.54, 1.807) is 6.20 Å². The minimum Gasteiger partial charge on any atom is -0.323 e. The van der Waals surface area contributed by atoms with Gasteiger partial charge in [0.1, 0.15) is 0 Å². The SMILES string of the molecule is NC(CCNCc1cccnc1)c1nsc2ccccc12. The van der Waals surface area contributed by atoms with E-state index in [2.05, 4.69) is 32.9 Å². The van der Waals surface area contributed by atoms with Crippen molar-refractivity contribution >= 4 is 21.6 Å². The lowest BCUT2D eigenvalue weighted by molar-refractivity contribution is 0.575. The quantitative estimate of drug-likeness (QED) is 0.687. The molecule has 0 fully saturated rings. The molecule has 4 nitrogen and oxygen atoms in total. The van der Waals surface area contributed by atoms with Crippen LogP contribution >= 0.6 is 11.5 Å². The minimum atomic E-state index is -0.0254. The Bertz CT molecular complexity index is 696. The van der Waals surface area contributed by atoms with Gasteiger partial charge in [0.05, 0.1) is 10.4 Å². The second kappa shape index (κ2) is 6.76. The van der Waals surface area contributed by atoms with Gasteiger partial charge in [-0.2, -0.15) is 4.37 Å². The molecule has 0 aliphatic heterocycles. The highest BCUT2D eigenvalue weighted by Gasteiger charge is 2.13. The summed E-state index contributed by atoms with van der Waals surface area (Å²) in [7, 11) is 0. The third-order valence-electron chi connectivity index (χ3n) is 3.44. The third kappa shape index (κ3) is 3.44. The summed E-state index contributed by atoms with van der Waals surface area (Å²) in [6, 6.07) is 12.2. The first-order chi connectivity index (χ1) is 10.3. The molecular formula is C16H18N4S. The summed E-state index contributed by atoms with van der Waals surface area (Å²) < 4.78 is 5.71. The highest BCUT2D eigenvalue weighted by molar-refractivity contribution is 7.13. The van der Waals surface area contributed by atoms with Gasteiger partial charge in [-0.05, 0) is 42.2 Å². The van der Waals surface area contributed by atoms with Crippen molar-refractivity contribution in [3.05, 3.63) is 60.0 Å². The van der Waals surface area contributed by atoms with Crippen LogP contribution < -0.4 is 11.1 Å². The summed E-state index contributed by atoms with van der Waals surface area (Å²) in [4.78, 5) is 4.10. The van der Waals surface area contributed by atoms with Crippen LogP contribution in [0.2, 0.25) is 0 Å². The molecule has 3 N–H and O–H groups in total. The van der Waals surface area contributed by atoms with Gasteiger partial charge in [0.2, 0.25) is 0 Å². The van der Waals surface area contributed by atoms with Gasteiger partial charge in [0.15, 0.2) is 0 Å². The van der Waals surface area contributed by atoms with Crippen molar-refractivity contribution < 1.29 is 0 Å². The standard InChI is InChI=1S/C16H18N4S/c17-14(7-9-19-11-12-4-3-8-18-10-12)16-13-5-1-2-6-15(13)21-20-16/h1-6,8,10,14,19H,7,9,11,17H2. The molecule has 2 aromatic heterocycles. The molecule has 108 valence electrons. The van der Waals surface area contributed by atoms with E-state index >= 15 is 0 Å². The number of fused-ring (bicyclic) bond motifs is 1. The summed E-state index contributed by atoms with van der Waals surface area (Å²) in [5.41, 5.74) is 8.47. The Morgan fingerprint density at radius 2 is 2.10 bits per heavy atom. The Labute approximate surface area is 128 Å². The van der Waals surface area contributed by atoms with Gasteiger partial charge in [-0.1, -0.05) is 24.3 Å². The summed E-state index contributed by atoms with van der Waals surface area (Å²) in [5.74, 6) is 0. The number of benzene rings is 1.